The van der Waals surface area contributed by atoms with Crippen molar-refractivity contribution in [2.24, 2.45) is 11.8 Å². The lowest BCUT2D eigenvalue weighted by atomic mass is 9.87. The van der Waals surface area contributed by atoms with Crippen LogP contribution in [0.1, 0.15) is 58.4 Å². The summed E-state index contributed by atoms with van der Waals surface area (Å²) in [5, 5.41) is 5.46. The second-order valence-corrected chi connectivity index (χ2v) is 7.86. The lowest BCUT2D eigenvalue weighted by Gasteiger charge is -2.32. The maximum Gasteiger partial charge on any atom is 0.408 e. The van der Waals surface area contributed by atoms with Crippen LogP contribution in [0.5, 0.6) is 0 Å². The second kappa shape index (κ2) is 11.4. The zero-order valence-corrected chi connectivity index (χ0v) is 17.5. The van der Waals surface area contributed by atoms with Gasteiger partial charge in [0.25, 0.3) is 0 Å². The van der Waals surface area contributed by atoms with E-state index in [0.29, 0.717) is 0 Å². The first-order chi connectivity index (χ1) is 13.9. The molecule has 0 heterocycles. The number of benzene rings is 1. The Kier molecular flexibility index (Phi) is 8.96. The Morgan fingerprint density at radius 3 is 2.28 bits per heavy atom. The minimum atomic E-state index is -0.792. The SMILES string of the molecule is CC(=O)O[C@H](NC(=O)[C@@H](NC(=O)OCc1ccccc1)C(C)C)C1CCCCC1. The summed E-state index contributed by atoms with van der Waals surface area (Å²) in [5.41, 5.74) is 0.861. The van der Waals surface area contributed by atoms with Gasteiger partial charge in [-0.1, -0.05) is 63.4 Å². The molecule has 2 amide bonds. The average molecular weight is 405 g/mol. The zero-order chi connectivity index (χ0) is 21.2. The Balaban J connectivity index is 1.95. The van der Waals surface area contributed by atoms with Gasteiger partial charge in [0, 0.05) is 12.8 Å². The highest BCUT2D eigenvalue weighted by Gasteiger charge is 2.32. The van der Waals surface area contributed by atoms with Gasteiger partial charge in [-0.25, -0.2) is 4.79 Å². The fourth-order valence-corrected chi connectivity index (χ4v) is 3.52. The minimum Gasteiger partial charge on any atom is -0.445 e. The number of alkyl carbamates (subject to hydrolysis) is 1. The number of hydrogen-bond donors (Lipinski definition) is 2. The van der Waals surface area contributed by atoms with Gasteiger partial charge in [0.1, 0.15) is 12.6 Å². The lowest BCUT2D eigenvalue weighted by molar-refractivity contribution is -0.154. The topological polar surface area (TPSA) is 93.7 Å². The van der Waals surface area contributed by atoms with E-state index in [1.165, 1.54) is 6.92 Å². The van der Waals surface area contributed by atoms with Crippen molar-refractivity contribution in [1.82, 2.24) is 10.6 Å². The van der Waals surface area contributed by atoms with Crippen LogP contribution in [0.2, 0.25) is 0 Å². The van der Waals surface area contributed by atoms with Gasteiger partial charge in [0.15, 0.2) is 6.23 Å². The molecule has 1 aromatic rings. The Hall–Kier alpha value is -2.57. The third-order valence-electron chi connectivity index (χ3n) is 5.09. The summed E-state index contributed by atoms with van der Waals surface area (Å²) in [5.74, 6) is -0.885. The monoisotopic (exact) mass is 404 g/mol. The third-order valence-corrected chi connectivity index (χ3v) is 5.09. The summed E-state index contributed by atoms with van der Waals surface area (Å²) in [6.45, 7) is 5.13. The van der Waals surface area contributed by atoms with Crippen molar-refractivity contribution >= 4 is 18.0 Å². The van der Waals surface area contributed by atoms with Crippen molar-refractivity contribution in [1.29, 1.82) is 0 Å². The highest BCUT2D eigenvalue weighted by molar-refractivity contribution is 5.86. The summed E-state index contributed by atoms with van der Waals surface area (Å²) < 4.78 is 10.6. The minimum absolute atomic E-state index is 0.0921. The number of ether oxygens (including phenoxy) is 2. The van der Waals surface area contributed by atoms with Crippen molar-refractivity contribution in [3.05, 3.63) is 35.9 Å². The Bertz CT molecular complexity index is 671. The van der Waals surface area contributed by atoms with Crippen LogP contribution in [0.25, 0.3) is 0 Å². The fraction of sp³-hybridized carbons (Fsp3) is 0.591. The lowest BCUT2D eigenvalue weighted by Crippen LogP contribution is -2.54. The largest absolute Gasteiger partial charge is 0.445 e. The van der Waals surface area contributed by atoms with Crippen LogP contribution < -0.4 is 10.6 Å². The average Bonchev–Trinajstić information content (AvgIpc) is 2.70. The van der Waals surface area contributed by atoms with Crippen LogP contribution in [0.3, 0.4) is 0 Å². The predicted octanol–water partition coefficient (Wildman–Crippen LogP) is 3.52. The van der Waals surface area contributed by atoms with Crippen LogP contribution in [-0.4, -0.2) is 30.2 Å². The quantitative estimate of drug-likeness (QED) is 0.511. The Morgan fingerprint density at radius 1 is 1.03 bits per heavy atom. The first-order valence-electron chi connectivity index (χ1n) is 10.3. The van der Waals surface area contributed by atoms with Crippen LogP contribution in [-0.2, 0) is 25.7 Å². The summed E-state index contributed by atoms with van der Waals surface area (Å²) in [6.07, 6.45) is 3.72. The molecular weight excluding hydrogens is 372 g/mol. The number of nitrogens with one attached hydrogen (secondary N) is 2. The number of carbonyl (C=O) groups is 3. The molecule has 2 atom stereocenters. The molecule has 1 aliphatic carbocycles. The standard InChI is InChI=1S/C22H32N2O5/c1-15(2)19(23-22(27)28-14-17-10-6-4-7-11-17)20(26)24-21(29-16(3)25)18-12-8-5-9-13-18/h4,6-7,10-11,15,18-19,21H,5,8-9,12-14H2,1-3H3,(H,23,27)(H,24,26)/t19-,21-/m0/s1. The molecule has 0 unspecified atom stereocenters. The maximum atomic E-state index is 12.9. The summed E-state index contributed by atoms with van der Waals surface area (Å²) in [7, 11) is 0. The van der Waals surface area contributed by atoms with Gasteiger partial charge in [-0.2, -0.15) is 0 Å². The van der Waals surface area contributed by atoms with E-state index in [1.54, 1.807) is 0 Å². The van der Waals surface area contributed by atoms with Gasteiger partial charge in [-0.15, -0.1) is 0 Å². The number of hydrogen-bond acceptors (Lipinski definition) is 5. The smallest absolute Gasteiger partial charge is 0.408 e. The van der Waals surface area contributed by atoms with E-state index in [4.69, 9.17) is 9.47 Å². The van der Waals surface area contributed by atoms with Gasteiger partial charge in [0.05, 0.1) is 0 Å². The first kappa shape index (κ1) is 22.7. The van der Waals surface area contributed by atoms with Crippen molar-refractivity contribution in [3.8, 4) is 0 Å². The third kappa shape index (κ3) is 7.75. The Labute approximate surface area is 172 Å². The van der Waals surface area contributed by atoms with Gasteiger partial charge in [-0.3, -0.25) is 9.59 Å². The normalized spacial score (nSPS) is 16.6. The molecule has 2 rings (SSSR count). The van der Waals surface area contributed by atoms with Crippen molar-refractivity contribution < 1.29 is 23.9 Å². The summed E-state index contributed by atoms with van der Waals surface area (Å²) in [4.78, 5) is 36.6. The van der Waals surface area contributed by atoms with E-state index >= 15 is 0 Å². The number of amides is 2. The number of rotatable bonds is 8. The molecule has 0 aromatic heterocycles. The molecule has 1 saturated carbocycles. The first-order valence-corrected chi connectivity index (χ1v) is 10.3. The molecule has 0 spiro atoms. The van der Waals surface area contributed by atoms with Crippen molar-refractivity contribution in [2.75, 3.05) is 0 Å². The molecule has 1 fully saturated rings. The van der Waals surface area contributed by atoms with Crippen LogP contribution in [0.4, 0.5) is 4.79 Å². The summed E-state index contributed by atoms with van der Waals surface area (Å²) in [6, 6.07) is 8.53. The molecule has 160 valence electrons. The highest BCUT2D eigenvalue weighted by Crippen LogP contribution is 2.27. The maximum absolute atomic E-state index is 12.9. The number of carbonyl (C=O) groups excluding carboxylic acids is 3. The molecule has 0 radical (unpaired) electrons. The van der Waals surface area contributed by atoms with E-state index in [2.05, 4.69) is 10.6 Å². The molecule has 1 aliphatic rings. The summed E-state index contributed by atoms with van der Waals surface area (Å²) >= 11 is 0. The molecule has 2 N–H and O–H groups in total. The highest BCUT2D eigenvalue weighted by atomic mass is 16.6. The second-order valence-electron chi connectivity index (χ2n) is 7.86. The van der Waals surface area contributed by atoms with Gasteiger partial charge >= 0.3 is 12.1 Å². The molecule has 0 bridgehead atoms. The van der Waals surface area contributed by atoms with Crippen LogP contribution in [0, 0.1) is 11.8 Å². The van der Waals surface area contributed by atoms with Crippen LogP contribution in [0.15, 0.2) is 30.3 Å². The molecule has 29 heavy (non-hydrogen) atoms. The molecule has 1 aromatic carbocycles. The van der Waals surface area contributed by atoms with E-state index in [9.17, 15) is 14.4 Å². The fourth-order valence-electron chi connectivity index (χ4n) is 3.52. The molecule has 7 nitrogen and oxygen atoms in total. The molecule has 7 heteroatoms. The molecule has 0 saturated heterocycles. The van der Waals surface area contributed by atoms with E-state index in [1.807, 2.05) is 44.2 Å². The van der Waals surface area contributed by atoms with Gasteiger partial charge in [-0.05, 0) is 24.3 Å². The number of esters is 1. The predicted molar refractivity (Wildman–Crippen MR) is 109 cm³/mol. The van der Waals surface area contributed by atoms with E-state index in [0.717, 1.165) is 37.7 Å². The van der Waals surface area contributed by atoms with Crippen LogP contribution >= 0.6 is 0 Å². The molecule has 0 aliphatic heterocycles. The van der Waals surface area contributed by atoms with Gasteiger partial charge < -0.3 is 20.1 Å². The zero-order valence-electron chi connectivity index (χ0n) is 17.5. The van der Waals surface area contributed by atoms with E-state index < -0.39 is 24.3 Å². The van der Waals surface area contributed by atoms with Crippen molar-refractivity contribution in [2.45, 2.75) is 71.8 Å². The van der Waals surface area contributed by atoms with E-state index in [-0.39, 0.29) is 24.3 Å². The van der Waals surface area contributed by atoms with Gasteiger partial charge in [0.2, 0.25) is 5.91 Å². The molecular formula is C22H32N2O5. The van der Waals surface area contributed by atoms with Crippen molar-refractivity contribution in [3.63, 3.8) is 0 Å². The Morgan fingerprint density at radius 2 is 1.69 bits per heavy atom.